The number of hydrogen-bond donors (Lipinski definition) is 2. The number of aromatic nitrogens is 1. The van der Waals surface area contributed by atoms with Gasteiger partial charge in [-0.1, -0.05) is 19.9 Å². The van der Waals surface area contributed by atoms with E-state index in [0.717, 1.165) is 5.56 Å². The minimum absolute atomic E-state index is 0.159. The predicted molar refractivity (Wildman–Crippen MR) is 88.4 cm³/mol. The Morgan fingerprint density at radius 3 is 2.83 bits per heavy atom. The topological polar surface area (TPSA) is 94.4 Å². The van der Waals surface area contributed by atoms with Crippen molar-refractivity contribution in [3.63, 3.8) is 0 Å². The fourth-order valence-electron chi connectivity index (χ4n) is 2.10. The van der Waals surface area contributed by atoms with E-state index < -0.39 is 0 Å². The molecule has 120 valence electrons. The zero-order chi connectivity index (χ0) is 17.0. The fourth-order valence-corrected chi connectivity index (χ4v) is 2.10. The molecule has 0 saturated carbocycles. The van der Waals surface area contributed by atoms with Gasteiger partial charge in [-0.2, -0.15) is 10.4 Å². The van der Waals surface area contributed by atoms with Crippen LogP contribution in [0.15, 0.2) is 27.7 Å². The molecule has 2 N–H and O–H groups in total. The summed E-state index contributed by atoms with van der Waals surface area (Å²) in [6.45, 7) is 7.75. The van der Waals surface area contributed by atoms with Crippen molar-refractivity contribution < 1.29 is 9.52 Å². The van der Waals surface area contributed by atoms with Crippen LogP contribution in [0.1, 0.15) is 43.5 Å². The Labute approximate surface area is 135 Å². The minimum atomic E-state index is 0.159. The van der Waals surface area contributed by atoms with Crippen molar-refractivity contribution in [2.45, 2.75) is 34.1 Å². The highest BCUT2D eigenvalue weighted by atomic mass is 16.4. The molecule has 6 nitrogen and oxygen atoms in total. The van der Waals surface area contributed by atoms with Gasteiger partial charge in [0.15, 0.2) is 5.89 Å². The molecule has 6 heteroatoms. The molecule has 0 aliphatic rings. The lowest BCUT2D eigenvalue weighted by molar-refractivity contribution is 0.466. The van der Waals surface area contributed by atoms with Gasteiger partial charge in [0.2, 0.25) is 5.69 Å². The lowest BCUT2D eigenvalue weighted by Crippen LogP contribution is -2.00. The molecule has 1 aromatic heterocycles. The van der Waals surface area contributed by atoms with Crippen molar-refractivity contribution in [3.8, 4) is 11.8 Å². The molecule has 0 atom stereocenters. The maximum absolute atomic E-state index is 9.97. The summed E-state index contributed by atoms with van der Waals surface area (Å²) in [6.07, 6.45) is 0.651. The molecular formula is C17H20N4O2. The molecule has 2 rings (SSSR count). The third-order valence-electron chi connectivity index (χ3n) is 3.23. The standard InChI is InChI=1S/C17H20N4O2/c1-10(2)7-16-19-14(9-18)17(23-16)21-20-12(4)13-6-5-11(3)8-15(13)22/h5-6,8,10,21-22H,7H2,1-4H3. The first-order chi connectivity index (χ1) is 10.9. The van der Waals surface area contributed by atoms with Crippen LogP contribution >= 0.6 is 0 Å². The summed E-state index contributed by atoms with van der Waals surface area (Å²) in [4.78, 5) is 4.14. The van der Waals surface area contributed by atoms with Crippen molar-refractivity contribution in [2.24, 2.45) is 11.0 Å². The number of nitrogens with one attached hydrogen (secondary N) is 1. The van der Waals surface area contributed by atoms with Crippen molar-refractivity contribution >= 4 is 11.6 Å². The largest absolute Gasteiger partial charge is 0.507 e. The van der Waals surface area contributed by atoms with E-state index in [1.54, 1.807) is 19.1 Å². The third kappa shape index (κ3) is 4.10. The first-order valence-electron chi connectivity index (χ1n) is 7.40. The normalized spacial score (nSPS) is 11.6. The lowest BCUT2D eigenvalue weighted by atomic mass is 10.1. The zero-order valence-corrected chi connectivity index (χ0v) is 13.7. The number of rotatable bonds is 5. The molecule has 0 spiro atoms. The minimum Gasteiger partial charge on any atom is -0.507 e. The van der Waals surface area contributed by atoms with Crippen LogP contribution < -0.4 is 5.43 Å². The van der Waals surface area contributed by atoms with Crippen LogP contribution in [-0.4, -0.2) is 15.8 Å². The van der Waals surface area contributed by atoms with Gasteiger partial charge >= 0.3 is 0 Å². The molecule has 1 aromatic carbocycles. The van der Waals surface area contributed by atoms with Crippen molar-refractivity contribution in [1.29, 1.82) is 5.26 Å². The van der Waals surface area contributed by atoms with Crippen molar-refractivity contribution in [2.75, 3.05) is 5.43 Å². The Morgan fingerprint density at radius 1 is 1.48 bits per heavy atom. The van der Waals surface area contributed by atoms with E-state index in [0.29, 0.717) is 29.5 Å². The second-order valence-electron chi connectivity index (χ2n) is 5.82. The molecule has 0 unspecified atom stereocenters. The predicted octanol–water partition coefficient (Wildman–Crippen LogP) is 3.59. The smallest absolute Gasteiger partial charge is 0.252 e. The van der Waals surface area contributed by atoms with Gasteiger partial charge in [0.1, 0.15) is 11.8 Å². The van der Waals surface area contributed by atoms with E-state index >= 15 is 0 Å². The average Bonchev–Trinajstić information content (AvgIpc) is 2.85. The second kappa shape index (κ2) is 6.97. The van der Waals surface area contributed by atoms with Crippen LogP contribution in [0.4, 0.5) is 5.88 Å². The van der Waals surface area contributed by atoms with Crippen molar-refractivity contribution in [3.05, 3.63) is 40.9 Å². The second-order valence-corrected chi connectivity index (χ2v) is 5.82. The Hall–Kier alpha value is -2.81. The molecule has 0 bridgehead atoms. The number of nitrogens with zero attached hydrogens (tertiary/aromatic N) is 3. The Kier molecular flexibility index (Phi) is 5.02. The van der Waals surface area contributed by atoms with E-state index in [9.17, 15) is 5.11 Å². The maximum atomic E-state index is 9.97. The van der Waals surface area contributed by atoms with Gasteiger partial charge in [0.05, 0.1) is 5.71 Å². The van der Waals surface area contributed by atoms with E-state index in [4.69, 9.17) is 9.68 Å². The fraction of sp³-hybridized carbons (Fsp3) is 0.353. The number of anilines is 1. The van der Waals surface area contributed by atoms with Gasteiger partial charge in [0.25, 0.3) is 5.88 Å². The van der Waals surface area contributed by atoms with Gasteiger partial charge in [-0.3, -0.25) is 0 Å². The highest BCUT2D eigenvalue weighted by Gasteiger charge is 2.14. The monoisotopic (exact) mass is 312 g/mol. The molecule has 0 amide bonds. The lowest BCUT2D eigenvalue weighted by Gasteiger charge is -2.05. The van der Waals surface area contributed by atoms with Crippen molar-refractivity contribution in [1.82, 2.24) is 4.98 Å². The van der Waals surface area contributed by atoms with Crippen LogP contribution in [0.2, 0.25) is 0 Å². The molecular weight excluding hydrogens is 292 g/mol. The van der Waals surface area contributed by atoms with Gasteiger partial charge in [-0.25, -0.2) is 10.4 Å². The third-order valence-corrected chi connectivity index (χ3v) is 3.23. The molecule has 0 aliphatic heterocycles. The van der Waals surface area contributed by atoms with Gasteiger partial charge in [0, 0.05) is 12.0 Å². The number of hydrazone groups is 1. The SMILES string of the molecule is CC(=NNc1oc(CC(C)C)nc1C#N)c1ccc(C)cc1O. The quantitative estimate of drug-likeness (QED) is 0.650. The number of aromatic hydroxyl groups is 1. The number of oxazole rings is 1. The summed E-state index contributed by atoms with van der Waals surface area (Å²) in [5, 5.41) is 23.3. The first-order valence-corrected chi connectivity index (χ1v) is 7.40. The summed E-state index contributed by atoms with van der Waals surface area (Å²) >= 11 is 0. The van der Waals surface area contributed by atoms with Gasteiger partial charge < -0.3 is 9.52 Å². The number of hydrogen-bond acceptors (Lipinski definition) is 6. The van der Waals surface area contributed by atoms with Crippen LogP contribution in [-0.2, 0) is 6.42 Å². The molecule has 0 radical (unpaired) electrons. The summed E-state index contributed by atoms with van der Waals surface area (Å²) in [5.74, 6) is 1.26. The van der Waals surface area contributed by atoms with Gasteiger partial charge in [-0.15, -0.1) is 0 Å². The molecule has 0 fully saturated rings. The van der Waals surface area contributed by atoms with Crippen LogP contribution in [0.25, 0.3) is 0 Å². The summed E-state index contributed by atoms with van der Waals surface area (Å²) in [7, 11) is 0. The number of phenols is 1. The summed E-state index contributed by atoms with van der Waals surface area (Å²) < 4.78 is 5.54. The molecule has 23 heavy (non-hydrogen) atoms. The molecule has 2 aromatic rings. The highest BCUT2D eigenvalue weighted by molar-refractivity contribution is 6.01. The first kappa shape index (κ1) is 16.6. The number of nitriles is 1. The van der Waals surface area contributed by atoms with E-state index in [2.05, 4.69) is 15.5 Å². The summed E-state index contributed by atoms with van der Waals surface area (Å²) in [6, 6.07) is 7.34. The number of benzene rings is 1. The molecule has 0 saturated heterocycles. The number of aryl methyl sites for hydroxylation is 1. The maximum Gasteiger partial charge on any atom is 0.252 e. The Bertz CT molecular complexity index is 769. The highest BCUT2D eigenvalue weighted by Crippen LogP contribution is 2.21. The van der Waals surface area contributed by atoms with E-state index in [-0.39, 0.29) is 17.3 Å². The molecule has 1 heterocycles. The van der Waals surface area contributed by atoms with Crippen LogP contribution in [0.5, 0.6) is 5.75 Å². The Morgan fingerprint density at radius 2 is 2.22 bits per heavy atom. The zero-order valence-electron chi connectivity index (χ0n) is 13.7. The van der Waals surface area contributed by atoms with E-state index in [1.165, 1.54) is 0 Å². The molecule has 0 aliphatic carbocycles. The van der Waals surface area contributed by atoms with Crippen LogP contribution in [0.3, 0.4) is 0 Å². The Balaban J connectivity index is 2.21. The van der Waals surface area contributed by atoms with E-state index in [1.807, 2.05) is 32.9 Å². The van der Waals surface area contributed by atoms with Crippen LogP contribution in [0, 0.1) is 24.2 Å². The number of phenolic OH excluding ortho intramolecular Hbond substituents is 1. The van der Waals surface area contributed by atoms with Gasteiger partial charge in [-0.05, 0) is 37.5 Å². The average molecular weight is 312 g/mol. The summed E-state index contributed by atoms with van der Waals surface area (Å²) in [5.41, 5.74) is 5.05.